The fraction of sp³-hybridized carbons (Fsp3) is 0.455. The molecular formula is C11H16O3. The number of benzene rings is 1. The van der Waals surface area contributed by atoms with Gasteiger partial charge in [-0.25, -0.2) is 0 Å². The molecule has 3 nitrogen and oxygen atoms in total. The van der Waals surface area contributed by atoms with Crippen LogP contribution in [0.3, 0.4) is 0 Å². The van der Waals surface area contributed by atoms with Gasteiger partial charge in [0.05, 0.1) is 13.2 Å². The molecule has 14 heavy (non-hydrogen) atoms. The molecule has 2 atom stereocenters. The van der Waals surface area contributed by atoms with Gasteiger partial charge < -0.3 is 14.9 Å². The summed E-state index contributed by atoms with van der Waals surface area (Å²) in [6.07, 6.45) is -1.03. The zero-order valence-corrected chi connectivity index (χ0v) is 8.47. The maximum atomic E-state index is 9.70. The van der Waals surface area contributed by atoms with Crippen molar-refractivity contribution in [1.29, 1.82) is 0 Å². The monoisotopic (exact) mass is 196 g/mol. The van der Waals surface area contributed by atoms with E-state index in [0.29, 0.717) is 17.7 Å². The van der Waals surface area contributed by atoms with Gasteiger partial charge in [0.2, 0.25) is 0 Å². The van der Waals surface area contributed by atoms with Crippen LogP contribution in [-0.4, -0.2) is 23.4 Å². The molecule has 2 N–H and O–H groups in total. The Morgan fingerprint density at radius 1 is 1.36 bits per heavy atom. The van der Waals surface area contributed by atoms with E-state index in [1.165, 1.54) is 0 Å². The molecule has 0 saturated heterocycles. The first-order chi connectivity index (χ1) is 6.69. The van der Waals surface area contributed by atoms with Crippen LogP contribution in [0.15, 0.2) is 24.3 Å². The van der Waals surface area contributed by atoms with Crippen molar-refractivity contribution in [3.63, 3.8) is 0 Å². The Labute approximate surface area is 84.0 Å². The first-order valence-corrected chi connectivity index (χ1v) is 4.69. The predicted molar refractivity (Wildman–Crippen MR) is 54.3 cm³/mol. The second-order valence-electron chi connectivity index (χ2n) is 3.20. The Bertz CT molecular complexity index is 286. The molecule has 0 bridgehead atoms. The highest BCUT2D eigenvalue weighted by atomic mass is 16.5. The maximum Gasteiger partial charge on any atom is 0.119 e. The molecule has 0 aliphatic carbocycles. The van der Waals surface area contributed by atoms with Crippen molar-refractivity contribution in [3.05, 3.63) is 29.8 Å². The summed E-state index contributed by atoms with van der Waals surface area (Å²) in [6, 6.07) is 7.09. The van der Waals surface area contributed by atoms with Crippen LogP contribution in [0.25, 0.3) is 0 Å². The number of rotatable bonds is 4. The van der Waals surface area contributed by atoms with Gasteiger partial charge in [-0.1, -0.05) is 19.1 Å². The topological polar surface area (TPSA) is 49.7 Å². The molecule has 78 valence electrons. The van der Waals surface area contributed by atoms with Gasteiger partial charge >= 0.3 is 0 Å². The van der Waals surface area contributed by atoms with Crippen LogP contribution in [0, 0.1) is 0 Å². The molecule has 3 heteroatoms. The third kappa shape index (κ3) is 2.47. The summed E-state index contributed by atoms with van der Waals surface area (Å²) in [5.41, 5.74) is 0.679. The van der Waals surface area contributed by atoms with Crippen molar-refractivity contribution in [2.75, 3.05) is 7.11 Å². The largest absolute Gasteiger partial charge is 0.497 e. The average Bonchev–Trinajstić information content (AvgIpc) is 2.27. The number of aliphatic hydroxyl groups excluding tert-OH is 2. The zero-order valence-electron chi connectivity index (χ0n) is 8.47. The summed E-state index contributed by atoms with van der Waals surface area (Å²) in [6.45, 7) is 1.83. The summed E-state index contributed by atoms with van der Waals surface area (Å²) in [4.78, 5) is 0. The summed E-state index contributed by atoms with van der Waals surface area (Å²) in [5.74, 6) is 0.685. The SMILES string of the molecule is CCC(O)C(O)c1cccc(OC)c1. The molecular weight excluding hydrogens is 180 g/mol. The molecule has 0 fully saturated rings. The van der Waals surface area contributed by atoms with E-state index in [0.717, 1.165) is 0 Å². The van der Waals surface area contributed by atoms with Crippen molar-refractivity contribution in [3.8, 4) is 5.75 Å². The summed E-state index contributed by atoms with van der Waals surface area (Å²) in [5, 5.41) is 19.2. The van der Waals surface area contributed by atoms with Crippen LogP contribution in [0.1, 0.15) is 25.0 Å². The van der Waals surface area contributed by atoms with Crippen LogP contribution in [-0.2, 0) is 0 Å². The van der Waals surface area contributed by atoms with Crippen LogP contribution < -0.4 is 4.74 Å². The summed E-state index contributed by atoms with van der Waals surface area (Å²) < 4.78 is 5.03. The molecule has 0 aliphatic heterocycles. The Kier molecular flexibility index (Phi) is 3.92. The first kappa shape index (κ1) is 11.0. The zero-order chi connectivity index (χ0) is 10.6. The van der Waals surface area contributed by atoms with E-state index in [9.17, 15) is 10.2 Å². The second kappa shape index (κ2) is 4.98. The van der Waals surface area contributed by atoms with Crippen LogP contribution in [0.2, 0.25) is 0 Å². The number of hydrogen-bond acceptors (Lipinski definition) is 3. The lowest BCUT2D eigenvalue weighted by Crippen LogP contribution is -2.16. The third-order valence-corrected chi connectivity index (χ3v) is 2.22. The lowest BCUT2D eigenvalue weighted by Gasteiger charge is -2.16. The van der Waals surface area contributed by atoms with E-state index in [1.807, 2.05) is 6.92 Å². The molecule has 1 aromatic rings. The van der Waals surface area contributed by atoms with E-state index >= 15 is 0 Å². The fourth-order valence-corrected chi connectivity index (χ4v) is 1.27. The minimum Gasteiger partial charge on any atom is -0.497 e. The Morgan fingerprint density at radius 3 is 2.64 bits per heavy atom. The Hall–Kier alpha value is -1.06. The van der Waals surface area contributed by atoms with E-state index in [2.05, 4.69) is 0 Å². The minimum absolute atomic E-state index is 0.526. The van der Waals surface area contributed by atoms with Crippen molar-refractivity contribution < 1.29 is 14.9 Å². The molecule has 2 unspecified atom stereocenters. The van der Waals surface area contributed by atoms with Crippen LogP contribution in [0.5, 0.6) is 5.75 Å². The average molecular weight is 196 g/mol. The Balaban J connectivity index is 2.83. The third-order valence-electron chi connectivity index (χ3n) is 2.22. The van der Waals surface area contributed by atoms with Crippen molar-refractivity contribution in [1.82, 2.24) is 0 Å². The second-order valence-corrected chi connectivity index (χ2v) is 3.20. The highest BCUT2D eigenvalue weighted by Gasteiger charge is 2.16. The number of aliphatic hydroxyl groups is 2. The maximum absolute atomic E-state index is 9.70. The predicted octanol–water partition coefficient (Wildman–Crippen LogP) is 1.50. The smallest absolute Gasteiger partial charge is 0.119 e. The fourth-order valence-electron chi connectivity index (χ4n) is 1.27. The van der Waals surface area contributed by atoms with E-state index in [1.54, 1.807) is 31.4 Å². The number of hydrogen-bond donors (Lipinski definition) is 2. The van der Waals surface area contributed by atoms with Crippen molar-refractivity contribution >= 4 is 0 Å². The highest BCUT2D eigenvalue weighted by molar-refractivity contribution is 5.30. The number of ether oxygens (including phenoxy) is 1. The molecule has 1 rings (SSSR count). The van der Waals surface area contributed by atoms with Gasteiger partial charge in [0.15, 0.2) is 0 Å². The Morgan fingerprint density at radius 2 is 2.07 bits per heavy atom. The van der Waals surface area contributed by atoms with Gasteiger partial charge in [0, 0.05) is 0 Å². The molecule has 0 radical (unpaired) electrons. The van der Waals surface area contributed by atoms with Gasteiger partial charge in [0.25, 0.3) is 0 Å². The number of methoxy groups -OCH3 is 1. The standard InChI is InChI=1S/C11H16O3/c1-3-10(12)11(13)8-5-4-6-9(7-8)14-2/h4-7,10-13H,3H2,1-2H3. The lowest BCUT2D eigenvalue weighted by molar-refractivity contribution is 0.0164. The normalized spacial score (nSPS) is 14.9. The molecule has 1 aromatic carbocycles. The molecule has 0 heterocycles. The first-order valence-electron chi connectivity index (χ1n) is 4.69. The van der Waals surface area contributed by atoms with Gasteiger partial charge in [-0.05, 0) is 24.1 Å². The van der Waals surface area contributed by atoms with Gasteiger partial charge in [-0.2, -0.15) is 0 Å². The summed E-state index contributed by atoms with van der Waals surface area (Å²) >= 11 is 0. The molecule has 0 amide bonds. The van der Waals surface area contributed by atoms with Gasteiger partial charge in [-0.3, -0.25) is 0 Å². The highest BCUT2D eigenvalue weighted by Crippen LogP contribution is 2.22. The quantitative estimate of drug-likeness (QED) is 0.767. The molecule has 0 aliphatic rings. The van der Waals surface area contributed by atoms with Gasteiger partial charge in [-0.15, -0.1) is 0 Å². The van der Waals surface area contributed by atoms with Crippen molar-refractivity contribution in [2.45, 2.75) is 25.6 Å². The van der Waals surface area contributed by atoms with Crippen LogP contribution in [0.4, 0.5) is 0 Å². The molecule has 0 spiro atoms. The molecule has 0 aromatic heterocycles. The van der Waals surface area contributed by atoms with Crippen LogP contribution >= 0.6 is 0 Å². The van der Waals surface area contributed by atoms with E-state index in [-0.39, 0.29) is 0 Å². The minimum atomic E-state index is -0.838. The van der Waals surface area contributed by atoms with E-state index < -0.39 is 12.2 Å². The van der Waals surface area contributed by atoms with E-state index in [4.69, 9.17) is 4.74 Å². The van der Waals surface area contributed by atoms with Gasteiger partial charge in [0.1, 0.15) is 11.9 Å². The molecule has 0 saturated carbocycles. The summed E-state index contributed by atoms with van der Waals surface area (Å²) in [7, 11) is 1.57. The lowest BCUT2D eigenvalue weighted by atomic mass is 10.0. The van der Waals surface area contributed by atoms with Crippen molar-refractivity contribution in [2.24, 2.45) is 0 Å².